The average molecular weight is 195 g/mol. The minimum atomic E-state index is 0.485. The molecule has 0 bridgehead atoms. The highest BCUT2D eigenvalue weighted by molar-refractivity contribution is 5.01. The van der Waals surface area contributed by atoms with Crippen LogP contribution in [0.4, 0.5) is 0 Å². The van der Waals surface area contributed by atoms with Crippen LogP contribution in [0.2, 0.25) is 0 Å². The summed E-state index contributed by atoms with van der Waals surface area (Å²) in [5, 5.41) is 3.77. The first-order valence-electron chi connectivity index (χ1n) is 6.19. The summed E-state index contributed by atoms with van der Waals surface area (Å²) in [4.78, 5) is 0. The van der Waals surface area contributed by atoms with Crippen molar-refractivity contribution in [3.63, 3.8) is 0 Å². The Hall–Kier alpha value is -0.0800. The predicted molar refractivity (Wildman–Crippen MR) is 56.1 cm³/mol. The molecule has 3 aliphatic rings. The van der Waals surface area contributed by atoms with Gasteiger partial charge < -0.3 is 10.1 Å². The predicted octanol–water partition coefficient (Wildman–Crippen LogP) is 1.80. The molecule has 14 heavy (non-hydrogen) atoms. The first-order valence-corrected chi connectivity index (χ1v) is 6.19. The number of ether oxygens (including phenoxy) is 1. The Bertz CT molecular complexity index is 210. The summed E-state index contributed by atoms with van der Waals surface area (Å²) in [6.45, 7) is 4.38. The van der Waals surface area contributed by atoms with E-state index in [0.717, 1.165) is 30.4 Å². The standard InChI is InChI=1S/C12H21NO/c1-8-10(4-5-14-8)7-13-12-3-2-9-6-11(9)12/h8-13H,2-7H2,1H3. The fourth-order valence-electron chi connectivity index (χ4n) is 3.30. The minimum absolute atomic E-state index is 0.485. The van der Waals surface area contributed by atoms with Crippen LogP contribution < -0.4 is 5.32 Å². The SMILES string of the molecule is CC1OCCC1CNC1CCC2CC21. The molecule has 5 atom stereocenters. The molecular formula is C12H21NO. The number of fused-ring (bicyclic) bond motifs is 1. The van der Waals surface area contributed by atoms with Crippen molar-refractivity contribution >= 4 is 0 Å². The zero-order valence-electron chi connectivity index (χ0n) is 9.04. The van der Waals surface area contributed by atoms with Crippen molar-refractivity contribution in [1.82, 2.24) is 5.32 Å². The van der Waals surface area contributed by atoms with Crippen LogP contribution in [0.3, 0.4) is 0 Å². The van der Waals surface area contributed by atoms with Crippen molar-refractivity contribution in [3.8, 4) is 0 Å². The molecule has 1 saturated heterocycles. The molecule has 5 unspecified atom stereocenters. The average Bonchev–Trinajstić information content (AvgIpc) is 2.68. The van der Waals surface area contributed by atoms with E-state index in [1.165, 1.54) is 32.2 Å². The Morgan fingerprint density at radius 1 is 1.29 bits per heavy atom. The maximum absolute atomic E-state index is 5.58. The molecule has 2 aliphatic carbocycles. The summed E-state index contributed by atoms with van der Waals surface area (Å²) in [6, 6.07) is 0.854. The summed E-state index contributed by atoms with van der Waals surface area (Å²) in [7, 11) is 0. The molecule has 0 spiro atoms. The molecule has 1 aliphatic heterocycles. The maximum Gasteiger partial charge on any atom is 0.0588 e. The molecule has 0 aromatic heterocycles. The van der Waals surface area contributed by atoms with Gasteiger partial charge in [0.2, 0.25) is 0 Å². The van der Waals surface area contributed by atoms with E-state index in [0.29, 0.717) is 6.10 Å². The highest BCUT2D eigenvalue weighted by atomic mass is 16.5. The Kier molecular flexibility index (Phi) is 2.29. The van der Waals surface area contributed by atoms with E-state index in [9.17, 15) is 0 Å². The van der Waals surface area contributed by atoms with Crippen LogP contribution >= 0.6 is 0 Å². The molecule has 1 N–H and O–H groups in total. The van der Waals surface area contributed by atoms with Gasteiger partial charge in [0, 0.05) is 19.2 Å². The zero-order chi connectivity index (χ0) is 9.54. The van der Waals surface area contributed by atoms with Crippen LogP contribution in [0.5, 0.6) is 0 Å². The van der Waals surface area contributed by atoms with Crippen molar-refractivity contribution in [3.05, 3.63) is 0 Å². The van der Waals surface area contributed by atoms with Crippen molar-refractivity contribution in [2.24, 2.45) is 17.8 Å². The van der Waals surface area contributed by atoms with Crippen molar-refractivity contribution < 1.29 is 4.74 Å². The molecule has 80 valence electrons. The van der Waals surface area contributed by atoms with Gasteiger partial charge in [-0.1, -0.05) is 0 Å². The van der Waals surface area contributed by atoms with Crippen molar-refractivity contribution in [2.75, 3.05) is 13.2 Å². The van der Waals surface area contributed by atoms with Crippen molar-refractivity contribution in [2.45, 2.75) is 44.8 Å². The van der Waals surface area contributed by atoms with Gasteiger partial charge in [0.1, 0.15) is 0 Å². The van der Waals surface area contributed by atoms with E-state index in [1.807, 2.05) is 0 Å². The summed E-state index contributed by atoms with van der Waals surface area (Å²) in [5.41, 5.74) is 0. The molecule has 2 saturated carbocycles. The molecule has 2 heteroatoms. The third kappa shape index (κ3) is 1.59. The van der Waals surface area contributed by atoms with Gasteiger partial charge in [-0.25, -0.2) is 0 Å². The maximum atomic E-state index is 5.58. The first-order chi connectivity index (χ1) is 6.84. The topological polar surface area (TPSA) is 21.3 Å². The Morgan fingerprint density at radius 2 is 2.21 bits per heavy atom. The molecule has 3 rings (SSSR count). The lowest BCUT2D eigenvalue weighted by Crippen LogP contribution is -2.35. The van der Waals surface area contributed by atoms with E-state index >= 15 is 0 Å². The second-order valence-electron chi connectivity index (χ2n) is 5.38. The molecule has 0 aromatic carbocycles. The monoisotopic (exact) mass is 195 g/mol. The number of nitrogens with one attached hydrogen (secondary N) is 1. The van der Waals surface area contributed by atoms with Crippen LogP contribution in [-0.2, 0) is 4.74 Å². The number of rotatable bonds is 3. The van der Waals surface area contributed by atoms with E-state index in [4.69, 9.17) is 4.74 Å². The van der Waals surface area contributed by atoms with Gasteiger partial charge in [0.15, 0.2) is 0 Å². The molecule has 1 heterocycles. The fourth-order valence-corrected chi connectivity index (χ4v) is 3.30. The zero-order valence-corrected chi connectivity index (χ0v) is 9.04. The van der Waals surface area contributed by atoms with Crippen LogP contribution in [-0.4, -0.2) is 25.3 Å². The first kappa shape index (κ1) is 9.17. The normalized spacial score (nSPS) is 50.8. The Labute approximate surface area is 86.4 Å². The summed E-state index contributed by atoms with van der Waals surface area (Å²) in [5.74, 6) is 2.92. The number of hydrogen-bond donors (Lipinski definition) is 1. The second-order valence-corrected chi connectivity index (χ2v) is 5.38. The van der Waals surface area contributed by atoms with Gasteiger partial charge >= 0.3 is 0 Å². The molecule has 0 amide bonds. The molecular weight excluding hydrogens is 174 g/mol. The van der Waals surface area contributed by atoms with E-state index in [2.05, 4.69) is 12.2 Å². The van der Waals surface area contributed by atoms with Gasteiger partial charge in [-0.05, 0) is 50.4 Å². The third-order valence-electron chi connectivity index (χ3n) is 4.52. The van der Waals surface area contributed by atoms with Gasteiger partial charge in [-0.3, -0.25) is 0 Å². The van der Waals surface area contributed by atoms with Gasteiger partial charge in [-0.2, -0.15) is 0 Å². The number of hydrogen-bond acceptors (Lipinski definition) is 2. The molecule has 3 fully saturated rings. The van der Waals surface area contributed by atoms with Crippen LogP contribution in [0.1, 0.15) is 32.6 Å². The van der Waals surface area contributed by atoms with Gasteiger partial charge in [-0.15, -0.1) is 0 Å². The third-order valence-corrected chi connectivity index (χ3v) is 4.52. The van der Waals surface area contributed by atoms with E-state index in [1.54, 1.807) is 0 Å². The van der Waals surface area contributed by atoms with Crippen LogP contribution in [0.25, 0.3) is 0 Å². The van der Waals surface area contributed by atoms with E-state index < -0.39 is 0 Å². The highest BCUT2D eigenvalue weighted by Crippen LogP contribution is 2.51. The lowest BCUT2D eigenvalue weighted by Gasteiger charge is -2.19. The quantitative estimate of drug-likeness (QED) is 0.741. The fraction of sp³-hybridized carbons (Fsp3) is 1.00. The summed E-state index contributed by atoms with van der Waals surface area (Å²) < 4.78 is 5.58. The van der Waals surface area contributed by atoms with Crippen LogP contribution in [0.15, 0.2) is 0 Å². The molecule has 0 radical (unpaired) electrons. The van der Waals surface area contributed by atoms with Gasteiger partial charge in [0.05, 0.1) is 6.10 Å². The summed E-state index contributed by atoms with van der Waals surface area (Å²) in [6.07, 6.45) is 6.17. The largest absolute Gasteiger partial charge is 0.378 e. The van der Waals surface area contributed by atoms with Crippen LogP contribution in [0, 0.1) is 17.8 Å². The molecule has 2 nitrogen and oxygen atoms in total. The molecule has 0 aromatic rings. The minimum Gasteiger partial charge on any atom is -0.378 e. The smallest absolute Gasteiger partial charge is 0.0588 e. The second kappa shape index (κ2) is 3.49. The lowest BCUT2D eigenvalue weighted by molar-refractivity contribution is 0.104. The van der Waals surface area contributed by atoms with Gasteiger partial charge in [0.25, 0.3) is 0 Å². The summed E-state index contributed by atoms with van der Waals surface area (Å²) >= 11 is 0. The van der Waals surface area contributed by atoms with Crippen molar-refractivity contribution in [1.29, 1.82) is 0 Å². The highest BCUT2D eigenvalue weighted by Gasteiger charge is 2.47. The Morgan fingerprint density at radius 3 is 2.79 bits per heavy atom. The lowest BCUT2D eigenvalue weighted by atomic mass is 10.0. The Balaban J connectivity index is 1.45. The van der Waals surface area contributed by atoms with E-state index in [-0.39, 0.29) is 0 Å².